The molecule has 174 valence electrons. The Hall–Kier alpha value is -4.33. The number of amides is 2. The molecule has 0 saturated heterocycles. The number of carbonyl (C=O) groups is 2. The Balaban J connectivity index is 1.65. The zero-order chi connectivity index (χ0) is 24.1. The van der Waals surface area contributed by atoms with Crippen LogP contribution < -0.4 is 10.2 Å². The van der Waals surface area contributed by atoms with E-state index in [1.165, 1.54) is 30.7 Å². The molecule has 7 nitrogen and oxygen atoms in total. The maximum Gasteiger partial charge on any atom is 0.291 e. The largest absolute Gasteiger partial charge is 0.467 e. The smallest absolute Gasteiger partial charge is 0.291 e. The van der Waals surface area contributed by atoms with Crippen LogP contribution >= 0.6 is 0 Å². The average molecular weight is 461 g/mol. The molecule has 0 saturated carbocycles. The third-order valence-electron chi connectivity index (χ3n) is 5.21. The van der Waals surface area contributed by atoms with Crippen molar-refractivity contribution >= 4 is 23.2 Å². The number of carbonyl (C=O) groups excluding carboxylic acids is 2. The fourth-order valence-electron chi connectivity index (χ4n) is 3.63. The summed E-state index contributed by atoms with van der Waals surface area (Å²) in [6.07, 6.45) is 2.97. The molecule has 0 atom stereocenters. The number of hydrogen-bond donors (Lipinski definition) is 1. The third kappa shape index (κ3) is 5.35. The van der Waals surface area contributed by atoms with Gasteiger partial charge in [0.05, 0.1) is 19.1 Å². The summed E-state index contributed by atoms with van der Waals surface area (Å²) in [5, 5.41) is 2.82. The highest BCUT2D eigenvalue weighted by molar-refractivity contribution is 6.02. The molecule has 0 radical (unpaired) electrons. The van der Waals surface area contributed by atoms with Crippen molar-refractivity contribution < 1.29 is 22.8 Å². The highest BCUT2D eigenvalue weighted by Crippen LogP contribution is 2.26. The van der Waals surface area contributed by atoms with Crippen LogP contribution in [0.1, 0.15) is 32.2 Å². The van der Waals surface area contributed by atoms with Gasteiger partial charge in [-0.15, -0.1) is 0 Å². The van der Waals surface area contributed by atoms with Gasteiger partial charge >= 0.3 is 0 Å². The van der Waals surface area contributed by atoms with E-state index in [4.69, 9.17) is 8.83 Å². The zero-order valence-electron chi connectivity index (χ0n) is 18.8. The number of hydrogen-bond acceptors (Lipinski definition) is 5. The summed E-state index contributed by atoms with van der Waals surface area (Å²) >= 11 is 0. The molecule has 34 heavy (non-hydrogen) atoms. The van der Waals surface area contributed by atoms with Gasteiger partial charge in [0.25, 0.3) is 11.8 Å². The minimum absolute atomic E-state index is 0.193. The first-order valence-corrected chi connectivity index (χ1v) is 10.6. The Morgan fingerprint density at radius 2 is 1.71 bits per heavy atom. The summed E-state index contributed by atoms with van der Waals surface area (Å²) in [6, 6.07) is 17.8. The highest BCUT2D eigenvalue weighted by Gasteiger charge is 2.21. The predicted molar refractivity (Wildman–Crippen MR) is 126 cm³/mol. The molecule has 2 amide bonds. The van der Waals surface area contributed by atoms with E-state index in [0.717, 1.165) is 11.3 Å². The van der Waals surface area contributed by atoms with Crippen molar-refractivity contribution in [2.24, 2.45) is 0 Å². The van der Waals surface area contributed by atoms with Crippen LogP contribution in [0, 0.1) is 5.82 Å². The van der Waals surface area contributed by atoms with Crippen LogP contribution in [0.25, 0.3) is 0 Å². The minimum atomic E-state index is -0.486. The summed E-state index contributed by atoms with van der Waals surface area (Å²) in [5.41, 5.74) is 2.45. The maximum atomic E-state index is 13.8. The lowest BCUT2D eigenvalue weighted by molar-refractivity contribution is 0.0717. The van der Waals surface area contributed by atoms with Crippen LogP contribution in [0.3, 0.4) is 0 Å². The molecule has 0 aliphatic carbocycles. The molecule has 1 N–H and O–H groups in total. The fraction of sp³-hybridized carbons (Fsp3) is 0.154. The molecule has 2 heterocycles. The van der Waals surface area contributed by atoms with E-state index >= 15 is 0 Å². The normalized spacial score (nSPS) is 10.7. The average Bonchev–Trinajstić information content (AvgIpc) is 3.53. The Labute approximate surface area is 196 Å². The van der Waals surface area contributed by atoms with Crippen LogP contribution in [-0.4, -0.2) is 30.8 Å². The van der Waals surface area contributed by atoms with E-state index in [2.05, 4.69) is 5.32 Å². The topological polar surface area (TPSA) is 78.9 Å². The molecule has 0 spiro atoms. The van der Waals surface area contributed by atoms with E-state index in [9.17, 15) is 14.0 Å². The Bertz CT molecular complexity index is 1270. The summed E-state index contributed by atoms with van der Waals surface area (Å²) in [7, 11) is 3.79. The quantitative estimate of drug-likeness (QED) is 0.392. The van der Waals surface area contributed by atoms with Crippen molar-refractivity contribution in [3.05, 3.63) is 108 Å². The molecule has 0 bridgehead atoms. The number of nitrogens with one attached hydrogen (secondary N) is 1. The molecule has 0 fully saturated rings. The molecule has 0 aliphatic rings. The molecule has 8 heteroatoms. The van der Waals surface area contributed by atoms with E-state index < -0.39 is 5.82 Å². The first-order chi connectivity index (χ1) is 16.4. The van der Waals surface area contributed by atoms with Gasteiger partial charge in [0.15, 0.2) is 5.76 Å². The van der Waals surface area contributed by atoms with Gasteiger partial charge in [-0.05, 0) is 66.2 Å². The van der Waals surface area contributed by atoms with Crippen molar-refractivity contribution in [2.75, 3.05) is 24.3 Å². The number of furan rings is 2. The van der Waals surface area contributed by atoms with Crippen LogP contribution in [0.2, 0.25) is 0 Å². The second-order valence-electron chi connectivity index (χ2n) is 7.92. The second-order valence-corrected chi connectivity index (χ2v) is 7.92. The van der Waals surface area contributed by atoms with Gasteiger partial charge in [0, 0.05) is 37.6 Å². The summed E-state index contributed by atoms with van der Waals surface area (Å²) in [5.74, 6) is -0.416. The molecule has 4 rings (SSSR count). The van der Waals surface area contributed by atoms with Gasteiger partial charge in [-0.2, -0.15) is 0 Å². The lowest BCUT2D eigenvalue weighted by Crippen LogP contribution is -2.31. The van der Waals surface area contributed by atoms with Crippen molar-refractivity contribution in [3.63, 3.8) is 0 Å². The van der Waals surface area contributed by atoms with Gasteiger partial charge < -0.3 is 24.0 Å². The van der Waals surface area contributed by atoms with E-state index in [1.54, 1.807) is 41.3 Å². The van der Waals surface area contributed by atoms with E-state index in [-0.39, 0.29) is 36.2 Å². The summed E-state index contributed by atoms with van der Waals surface area (Å²) < 4.78 is 24.4. The molecular weight excluding hydrogens is 437 g/mol. The molecule has 4 aromatic rings. The second kappa shape index (κ2) is 10.1. The van der Waals surface area contributed by atoms with E-state index in [1.807, 2.05) is 31.1 Å². The Kier molecular flexibility index (Phi) is 6.77. The third-order valence-corrected chi connectivity index (χ3v) is 5.21. The van der Waals surface area contributed by atoms with Gasteiger partial charge in [-0.25, -0.2) is 4.39 Å². The number of halogens is 1. The maximum absolute atomic E-state index is 13.8. The Morgan fingerprint density at radius 3 is 2.38 bits per heavy atom. The lowest BCUT2D eigenvalue weighted by Gasteiger charge is -2.26. The molecule has 0 aliphatic heterocycles. The van der Waals surface area contributed by atoms with Gasteiger partial charge in [0.1, 0.15) is 11.6 Å². The molecule has 2 aromatic heterocycles. The highest BCUT2D eigenvalue weighted by atomic mass is 19.1. The molecule has 2 aromatic carbocycles. The monoisotopic (exact) mass is 461 g/mol. The van der Waals surface area contributed by atoms with Gasteiger partial charge in [-0.3, -0.25) is 9.59 Å². The summed E-state index contributed by atoms with van der Waals surface area (Å²) in [4.78, 5) is 29.3. The zero-order valence-corrected chi connectivity index (χ0v) is 18.8. The number of anilines is 2. The van der Waals surface area contributed by atoms with Gasteiger partial charge in [0.2, 0.25) is 0 Å². The summed E-state index contributed by atoms with van der Waals surface area (Å²) in [6.45, 7) is 0.395. The molecular formula is C26H24FN3O4. The standard InChI is InChI=1S/C26H24FN3O4/c1-29(2)23-11-10-21(28-25(31)24-9-5-13-34-24)15-19(23)16-30(17-22-8-4-12-33-22)26(32)18-6-3-7-20(27)14-18/h3-15H,16-17H2,1-2H3,(H,28,31). The van der Waals surface area contributed by atoms with Crippen molar-refractivity contribution in [1.29, 1.82) is 0 Å². The van der Waals surface area contributed by atoms with Crippen LogP contribution in [0.5, 0.6) is 0 Å². The van der Waals surface area contributed by atoms with Crippen LogP contribution in [0.4, 0.5) is 15.8 Å². The number of benzene rings is 2. The SMILES string of the molecule is CN(C)c1ccc(NC(=O)c2ccco2)cc1CN(Cc1ccco1)C(=O)c1cccc(F)c1. The fourth-order valence-corrected chi connectivity index (χ4v) is 3.63. The lowest BCUT2D eigenvalue weighted by atomic mass is 10.1. The van der Waals surface area contributed by atoms with E-state index in [0.29, 0.717) is 11.4 Å². The van der Waals surface area contributed by atoms with Crippen LogP contribution in [0.15, 0.2) is 88.1 Å². The number of nitrogens with zero attached hydrogens (tertiary/aromatic N) is 2. The van der Waals surface area contributed by atoms with Crippen molar-refractivity contribution in [3.8, 4) is 0 Å². The first kappa shape index (κ1) is 22.8. The predicted octanol–water partition coefficient (Wildman–Crippen LogP) is 5.17. The van der Waals surface area contributed by atoms with Gasteiger partial charge in [-0.1, -0.05) is 6.07 Å². The minimum Gasteiger partial charge on any atom is -0.467 e. The number of rotatable bonds is 8. The first-order valence-electron chi connectivity index (χ1n) is 10.6. The van der Waals surface area contributed by atoms with Crippen LogP contribution in [-0.2, 0) is 13.1 Å². The molecule has 0 unspecified atom stereocenters. The van der Waals surface area contributed by atoms with Crippen molar-refractivity contribution in [1.82, 2.24) is 4.90 Å². The van der Waals surface area contributed by atoms with Crippen molar-refractivity contribution in [2.45, 2.75) is 13.1 Å². The Morgan fingerprint density at radius 1 is 0.912 bits per heavy atom.